The lowest BCUT2D eigenvalue weighted by Crippen LogP contribution is -2.39. The summed E-state index contributed by atoms with van der Waals surface area (Å²) in [7, 11) is 0. The maximum atomic E-state index is 12.9. The van der Waals surface area contributed by atoms with Gasteiger partial charge >= 0.3 is 0 Å². The van der Waals surface area contributed by atoms with Crippen molar-refractivity contribution in [3.05, 3.63) is 52.3 Å². The number of piperidine rings is 1. The number of hydrogen-bond donors (Lipinski definition) is 1. The van der Waals surface area contributed by atoms with Gasteiger partial charge in [-0.2, -0.15) is 5.10 Å². The van der Waals surface area contributed by atoms with E-state index in [2.05, 4.69) is 10.2 Å². The molecule has 2 aliphatic rings. The lowest BCUT2D eigenvalue weighted by atomic mass is 10.0. The van der Waals surface area contributed by atoms with E-state index in [9.17, 15) is 9.59 Å². The van der Waals surface area contributed by atoms with Crippen LogP contribution in [0, 0.1) is 6.92 Å². The fourth-order valence-electron chi connectivity index (χ4n) is 3.85. The van der Waals surface area contributed by atoms with Gasteiger partial charge in [0.15, 0.2) is 5.69 Å². The van der Waals surface area contributed by atoms with Crippen LogP contribution in [0.2, 0.25) is 0 Å². The van der Waals surface area contributed by atoms with Crippen LogP contribution in [-0.4, -0.2) is 51.4 Å². The van der Waals surface area contributed by atoms with Crippen molar-refractivity contribution in [3.63, 3.8) is 0 Å². The number of H-pyrrole nitrogens is 1. The highest BCUT2D eigenvalue weighted by atomic mass is 16.2. The van der Waals surface area contributed by atoms with Gasteiger partial charge in [-0.25, -0.2) is 0 Å². The molecule has 6 nitrogen and oxygen atoms in total. The smallest absolute Gasteiger partial charge is 0.274 e. The van der Waals surface area contributed by atoms with Crippen LogP contribution < -0.4 is 0 Å². The second kappa shape index (κ2) is 6.94. The molecule has 6 heteroatoms. The van der Waals surface area contributed by atoms with E-state index >= 15 is 0 Å². The summed E-state index contributed by atoms with van der Waals surface area (Å²) in [5.41, 5.74) is 4.12. The van der Waals surface area contributed by atoms with Crippen molar-refractivity contribution in [2.45, 2.75) is 39.2 Å². The van der Waals surface area contributed by atoms with E-state index < -0.39 is 0 Å². The van der Waals surface area contributed by atoms with E-state index in [0.29, 0.717) is 30.8 Å². The van der Waals surface area contributed by atoms with Crippen molar-refractivity contribution < 1.29 is 9.59 Å². The van der Waals surface area contributed by atoms with Crippen LogP contribution in [0.25, 0.3) is 0 Å². The third-order valence-electron chi connectivity index (χ3n) is 5.33. The predicted octanol–water partition coefficient (Wildman–Crippen LogP) is 2.54. The van der Waals surface area contributed by atoms with Crippen molar-refractivity contribution in [1.82, 2.24) is 20.0 Å². The number of hydrogen-bond acceptors (Lipinski definition) is 3. The average molecular weight is 352 g/mol. The standard InChI is InChI=1S/C20H24N4O2/c1-14-6-5-7-15(12-14)19(25)24-11-8-17-16(13-24)18(22-21-17)20(26)23-9-3-2-4-10-23/h5-7,12H,2-4,8-11,13H2,1H3,(H,21,22). The highest BCUT2D eigenvalue weighted by Gasteiger charge is 2.30. The Morgan fingerprint density at radius 2 is 1.85 bits per heavy atom. The molecule has 26 heavy (non-hydrogen) atoms. The molecule has 1 N–H and O–H groups in total. The van der Waals surface area contributed by atoms with Gasteiger partial charge in [0.1, 0.15) is 0 Å². The molecule has 2 amide bonds. The van der Waals surface area contributed by atoms with E-state index in [1.807, 2.05) is 41.0 Å². The van der Waals surface area contributed by atoms with Gasteiger partial charge in [0, 0.05) is 42.9 Å². The van der Waals surface area contributed by atoms with Crippen LogP contribution in [0.3, 0.4) is 0 Å². The van der Waals surface area contributed by atoms with Gasteiger partial charge in [-0.1, -0.05) is 17.7 Å². The SMILES string of the molecule is Cc1cccc(C(=O)N2CCc3[nH]nc(C(=O)N4CCCCC4)c3C2)c1. The third-order valence-corrected chi connectivity index (χ3v) is 5.33. The summed E-state index contributed by atoms with van der Waals surface area (Å²) in [6.45, 7) is 4.65. The lowest BCUT2D eigenvalue weighted by molar-refractivity contribution is 0.0697. The molecule has 2 aliphatic heterocycles. The number of aryl methyl sites for hydroxylation is 1. The summed E-state index contributed by atoms with van der Waals surface area (Å²) in [5, 5.41) is 7.32. The van der Waals surface area contributed by atoms with E-state index in [4.69, 9.17) is 0 Å². The number of nitrogens with one attached hydrogen (secondary N) is 1. The van der Waals surface area contributed by atoms with Crippen molar-refractivity contribution in [2.24, 2.45) is 0 Å². The second-order valence-electron chi connectivity index (χ2n) is 7.23. The summed E-state index contributed by atoms with van der Waals surface area (Å²) in [6, 6.07) is 7.64. The number of likely N-dealkylation sites (tertiary alicyclic amines) is 1. The first-order valence-corrected chi connectivity index (χ1v) is 9.35. The fraction of sp³-hybridized carbons (Fsp3) is 0.450. The number of fused-ring (bicyclic) bond motifs is 1. The number of nitrogens with zero attached hydrogens (tertiary/aromatic N) is 3. The number of aromatic nitrogens is 2. The molecule has 0 spiro atoms. The van der Waals surface area contributed by atoms with Crippen LogP contribution in [0.1, 0.15) is 56.9 Å². The van der Waals surface area contributed by atoms with Gasteiger partial charge in [-0.15, -0.1) is 0 Å². The summed E-state index contributed by atoms with van der Waals surface area (Å²) in [6.07, 6.45) is 3.99. The maximum absolute atomic E-state index is 12.9. The number of benzene rings is 1. The Labute approximate surface area is 153 Å². The molecule has 1 aromatic heterocycles. The molecule has 1 saturated heterocycles. The summed E-state index contributed by atoms with van der Waals surface area (Å²) >= 11 is 0. The average Bonchev–Trinajstić information content (AvgIpc) is 3.10. The lowest BCUT2D eigenvalue weighted by Gasteiger charge is -2.29. The normalized spacial score (nSPS) is 17.1. The fourth-order valence-corrected chi connectivity index (χ4v) is 3.85. The first kappa shape index (κ1) is 16.8. The predicted molar refractivity (Wildman–Crippen MR) is 98.0 cm³/mol. The number of aromatic amines is 1. The van der Waals surface area contributed by atoms with Crippen molar-refractivity contribution in [3.8, 4) is 0 Å². The van der Waals surface area contributed by atoms with Crippen molar-refractivity contribution in [2.75, 3.05) is 19.6 Å². The summed E-state index contributed by atoms with van der Waals surface area (Å²) < 4.78 is 0. The van der Waals surface area contributed by atoms with Crippen LogP contribution in [0.4, 0.5) is 0 Å². The first-order valence-electron chi connectivity index (χ1n) is 9.35. The Hall–Kier alpha value is -2.63. The zero-order valence-corrected chi connectivity index (χ0v) is 15.1. The van der Waals surface area contributed by atoms with E-state index in [-0.39, 0.29) is 11.8 Å². The minimum absolute atomic E-state index is 0.00736. The van der Waals surface area contributed by atoms with E-state index in [1.165, 1.54) is 6.42 Å². The first-order chi connectivity index (χ1) is 12.6. The number of carbonyl (C=O) groups is 2. The third kappa shape index (κ3) is 3.11. The molecule has 1 aromatic carbocycles. The Kier molecular flexibility index (Phi) is 4.49. The maximum Gasteiger partial charge on any atom is 0.274 e. The minimum atomic E-state index is -0.00736. The molecule has 2 aromatic rings. The minimum Gasteiger partial charge on any atom is -0.337 e. The molecule has 0 bridgehead atoms. The molecule has 0 radical (unpaired) electrons. The van der Waals surface area contributed by atoms with Crippen molar-refractivity contribution in [1.29, 1.82) is 0 Å². The Balaban J connectivity index is 1.55. The molecule has 0 atom stereocenters. The van der Waals surface area contributed by atoms with Crippen molar-refractivity contribution >= 4 is 11.8 Å². The molecule has 0 unspecified atom stereocenters. The van der Waals surface area contributed by atoms with E-state index in [1.54, 1.807) is 0 Å². The number of rotatable bonds is 2. The number of carbonyl (C=O) groups excluding carboxylic acids is 2. The molecular weight excluding hydrogens is 328 g/mol. The number of amides is 2. The molecule has 136 valence electrons. The van der Waals surface area contributed by atoms with Crippen LogP contribution >= 0.6 is 0 Å². The van der Waals surface area contributed by atoms with Gasteiger partial charge in [-0.3, -0.25) is 14.7 Å². The van der Waals surface area contributed by atoms with Crippen LogP contribution in [0.15, 0.2) is 24.3 Å². The molecule has 0 saturated carbocycles. The largest absolute Gasteiger partial charge is 0.337 e. The highest BCUT2D eigenvalue weighted by molar-refractivity contribution is 5.96. The Morgan fingerprint density at radius 3 is 2.62 bits per heavy atom. The van der Waals surface area contributed by atoms with Gasteiger partial charge < -0.3 is 9.80 Å². The topological polar surface area (TPSA) is 69.3 Å². The van der Waals surface area contributed by atoms with Crippen LogP contribution in [-0.2, 0) is 13.0 Å². The highest BCUT2D eigenvalue weighted by Crippen LogP contribution is 2.24. The van der Waals surface area contributed by atoms with Crippen LogP contribution in [0.5, 0.6) is 0 Å². The zero-order valence-electron chi connectivity index (χ0n) is 15.1. The Bertz CT molecular complexity index is 836. The van der Waals surface area contributed by atoms with Gasteiger partial charge in [0.05, 0.1) is 6.54 Å². The van der Waals surface area contributed by atoms with E-state index in [0.717, 1.165) is 42.8 Å². The molecule has 1 fully saturated rings. The summed E-state index contributed by atoms with van der Waals surface area (Å²) in [5.74, 6) is 0.00368. The molecule has 0 aliphatic carbocycles. The van der Waals surface area contributed by atoms with Gasteiger partial charge in [-0.05, 0) is 38.3 Å². The molecule has 4 rings (SSSR count). The second-order valence-corrected chi connectivity index (χ2v) is 7.23. The van der Waals surface area contributed by atoms with Gasteiger partial charge in [0.25, 0.3) is 11.8 Å². The summed E-state index contributed by atoms with van der Waals surface area (Å²) in [4.78, 5) is 29.4. The van der Waals surface area contributed by atoms with Gasteiger partial charge in [0.2, 0.25) is 0 Å². The monoisotopic (exact) mass is 352 g/mol. The zero-order chi connectivity index (χ0) is 18.1. The quantitative estimate of drug-likeness (QED) is 0.903. The Morgan fingerprint density at radius 1 is 1.04 bits per heavy atom. The molecular formula is C20H24N4O2. The molecule has 3 heterocycles.